The molecule has 0 spiro atoms. The smallest absolute Gasteiger partial charge is 0.367 e. The number of hydrogen-bond donors (Lipinski definition) is 0. The number of ether oxygens (including phenoxy) is 4. The van der Waals surface area contributed by atoms with E-state index in [1.807, 2.05) is 25.1 Å². The van der Waals surface area contributed by atoms with Gasteiger partial charge in [0.25, 0.3) is 0 Å². The minimum Gasteiger partial charge on any atom is -0.490 e. The van der Waals surface area contributed by atoms with Crippen molar-refractivity contribution in [2.45, 2.75) is 40.2 Å². The highest BCUT2D eigenvalue weighted by molar-refractivity contribution is 7.11. The molecular formula is C22H27NO6S. The van der Waals surface area contributed by atoms with E-state index in [9.17, 15) is 9.59 Å². The number of unbranched alkanes of at least 4 members (excludes halogenated alkanes) is 1. The van der Waals surface area contributed by atoms with E-state index in [1.165, 1.54) is 6.08 Å². The van der Waals surface area contributed by atoms with E-state index in [2.05, 4.69) is 11.9 Å². The molecule has 7 nitrogen and oxygen atoms in total. The second-order valence-corrected chi connectivity index (χ2v) is 7.00. The molecule has 0 atom stereocenters. The van der Waals surface area contributed by atoms with Gasteiger partial charge >= 0.3 is 11.9 Å². The highest BCUT2D eigenvalue weighted by Gasteiger charge is 2.12. The Morgan fingerprint density at radius 1 is 1.07 bits per heavy atom. The van der Waals surface area contributed by atoms with Gasteiger partial charge in [0.1, 0.15) is 6.61 Å². The summed E-state index contributed by atoms with van der Waals surface area (Å²) >= 11 is 1.15. The van der Waals surface area contributed by atoms with Crippen LogP contribution in [-0.4, -0.2) is 36.7 Å². The summed E-state index contributed by atoms with van der Waals surface area (Å²) in [5.41, 5.74) is 1.29. The monoisotopic (exact) mass is 433 g/mol. The highest BCUT2D eigenvalue weighted by Crippen LogP contribution is 2.29. The van der Waals surface area contributed by atoms with E-state index in [1.54, 1.807) is 18.4 Å². The molecule has 1 aromatic heterocycles. The van der Waals surface area contributed by atoms with E-state index in [4.69, 9.17) is 18.9 Å². The molecule has 0 amide bonds. The van der Waals surface area contributed by atoms with Gasteiger partial charge in [-0.3, -0.25) is 0 Å². The fourth-order valence-electron chi connectivity index (χ4n) is 2.36. The zero-order valence-corrected chi connectivity index (χ0v) is 18.3. The van der Waals surface area contributed by atoms with Gasteiger partial charge in [0.2, 0.25) is 5.01 Å². The molecule has 1 aromatic carbocycles. The summed E-state index contributed by atoms with van der Waals surface area (Å²) in [6, 6.07) is 5.50. The van der Waals surface area contributed by atoms with Crippen molar-refractivity contribution >= 4 is 29.4 Å². The number of thiazole rings is 1. The van der Waals surface area contributed by atoms with Crippen LogP contribution in [0.15, 0.2) is 29.7 Å². The lowest BCUT2D eigenvalue weighted by Crippen LogP contribution is -2.05. The SMILES string of the molecule is CCCCOc1ccc(/C=C/C(=O)OCc2csc(C(=O)OCC)n2)cc1OCC. The zero-order chi connectivity index (χ0) is 21.8. The fraction of sp³-hybridized carbons (Fsp3) is 0.409. The number of esters is 2. The Labute approximate surface area is 180 Å². The van der Waals surface area contributed by atoms with Crippen LogP contribution in [0.3, 0.4) is 0 Å². The summed E-state index contributed by atoms with van der Waals surface area (Å²) in [5, 5.41) is 1.90. The Balaban J connectivity index is 1.92. The Bertz CT molecular complexity index is 861. The molecule has 0 aliphatic carbocycles. The van der Waals surface area contributed by atoms with Crippen LogP contribution in [0.1, 0.15) is 54.7 Å². The molecule has 0 bridgehead atoms. The predicted molar refractivity (Wildman–Crippen MR) is 115 cm³/mol. The summed E-state index contributed by atoms with van der Waals surface area (Å²) in [6.07, 6.45) is 5.00. The zero-order valence-electron chi connectivity index (χ0n) is 17.5. The molecule has 0 N–H and O–H groups in total. The van der Waals surface area contributed by atoms with Crippen molar-refractivity contribution in [3.63, 3.8) is 0 Å². The Morgan fingerprint density at radius 3 is 2.63 bits per heavy atom. The molecule has 8 heteroatoms. The Hall–Kier alpha value is -2.87. The molecule has 0 aliphatic heterocycles. The third kappa shape index (κ3) is 7.51. The molecule has 1 heterocycles. The van der Waals surface area contributed by atoms with E-state index >= 15 is 0 Å². The summed E-state index contributed by atoms with van der Waals surface area (Å²) in [4.78, 5) is 27.7. The molecule has 2 aromatic rings. The number of carbonyl (C=O) groups excluding carboxylic acids is 2. The van der Waals surface area contributed by atoms with E-state index < -0.39 is 11.9 Å². The van der Waals surface area contributed by atoms with Crippen molar-refractivity contribution in [1.82, 2.24) is 4.98 Å². The first kappa shape index (κ1) is 23.4. The summed E-state index contributed by atoms with van der Waals surface area (Å²) in [6.45, 7) is 7.14. The number of rotatable bonds is 12. The molecule has 0 fully saturated rings. The number of hydrogen-bond acceptors (Lipinski definition) is 8. The lowest BCUT2D eigenvalue weighted by molar-refractivity contribution is -0.139. The number of carbonyl (C=O) groups is 2. The van der Waals surface area contributed by atoms with Crippen LogP contribution >= 0.6 is 11.3 Å². The van der Waals surface area contributed by atoms with Crippen molar-refractivity contribution in [3.8, 4) is 11.5 Å². The lowest BCUT2D eigenvalue weighted by Gasteiger charge is -2.12. The first-order chi connectivity index (χ1) is 14.6. The standard InChI is InChI=1S/C22H27NO6S/c1-4-7-12-28-18-10-8-16(13-19(18)26-5-2)9-11-20(24)29-14-17-15-30-21(23-17)22(25)27-6-3/h8-11,13,15H,4-7,12,14H2,1-3H3/b11-9+. The quantitative estimate of drug-likeness (QED) is 0.274. The maximum Gasteiger partial charge on any atom is 0.367 e. The third-order valence-corrected chi connectivity index (χ3v) is 4.67. The summed E-state index contributed by atoms with van der Waals surface area (Å²) < 4.78 is 21.5. The number of nitrogens with zero attached hydrogens (tertiary/aromatic N) is 1. The van der Waals surface area contributed by atoms with Gasteiger partial charge in [-0.25, -0.2) is 14.6 Å². The largest absolute Gasteiger partial charge is 0.490 e. The van der Waals surface area contributed by atoms with Crippen molar-refractivity contribution in [2.75, 3.05) is 19.8 Å². The fourth-order valence-corrected chi connectivity index (χ4v) is 3.05. The van der Waals surface area contributed by atoms with Gasteiger partial charge in [-0.15, -0.1) is 11.3 Å². The topological polar surface area (TPSA) is 84.0 Å². The van der Waals surface area contributed by atoms with Crippen molar-refractivity contribution in [2.24, 2.45) is 0 Å². The maximum atomic E-state index is 12.0. The molecule has 0 saturated heterocycles. The number of benzene rings is 1. The summed E-state index contributed by atoms with van der Waals surface area (Å²) in [5.74, 6) is 0.332. The molecule has 0 aliphatic rings. The van der Waals surface area contributed by atoms with E-state index in [-0.39, 0.29) is 18.2 Å². The van der Waals surface area contributed by atoms with Gasteiger partial charge in [0.15, 0.2) is 11.5 Å². The molecule has 0 saturated carbocycles. The van der Waals surface area contributed by atoms with Gasteiger partial charge in [0, 0.05) is 11.5 Å². The molecule has 162 valence electrons. The average molecular weight is 434 g/mol. The Morgan fingerprint density at radius 2 is 1.90 bits per heavy atom. The van der Waals surface area contributed by atoms with Gasteiger partial charge in [-0.2, -0.15) is 0 Å². The predicted octanol–water partition coefficient (Wildman–Crippen LogP) is 4.65. The van der Waals surface area contributed by atoms with Crippen LogP contribution in [0.4, 0.5) is 0 Å². The van der Waals surface area contributed by atoms with Crippen LogP contribution in [0.2, 0.25) is 0 Å². The molecule has 0 radical (unpaired) electrons. The van der Waals surface area contributed by atoms with E-state index in [0.29, 0.717) is 30.4 Å². The van der Waals surface area contributed by atoms with Gasteiger partial charge in [-0.05, 0) is 44.0 Å². The third-order valence-electron chi connectivity index (χ3n) is 3.80. The summed E-state index contributed by atoms with van der Waals surface area (Å²) in [7, 11) is 0. The van der Waals surface area contributed by atoms with Crippen LogP contribution in [0.5, 0.6) is 11.5 Å². The maximum absolute atomic E-state index is 12.0. The second kappa shape index (κ2) is 12.6. The Kier molecular flexibility index (Phi) is 9.86. The van der Waals surface area contributed by atoms with Crippen molar-refractivity contribution < 1.29 is 28.5 Å². The molecular weight excluding hydrogens is 406 g/mol. The minimum absolute atomic E-state index is 0.0204. The molecule has 2 rings (SSSR count). The van der Waals surface area contributed by atoms with Crippen LogP contribution in [0, 0.1) is 0 Å². The highest BCUT2D eigenvalue weighted by atomic mass is 32.1. The first-order valence-corrected chi connectivity index (χ1v) is 10.8. The van der Waals surface area contributed by atoms with Gasteiger partial charge < -0.3 is 18.9 Å². The van der Waals surface area contributed by atoms with Crippen LogP contribution in [0.25, 0.3) is 6.08 Å². The van der Waals surface area contributed by atoms with E-state index in [0.717, 1.165) is 29.7 Å². The van der Waals surface area contributed by atoms with Crippen molar-refractivity contribution in [3.05, 3.63) is 45.9 Å². The number of aromatic nitrogens is 1. The van der Waals surface area contributed by atoms with Gasteiger partial charge in [0.05, 0.1) is 25.5 Å². The van der Waals surface area contributed by atoms with Crippen LogP contribution < -0.4 is 9.47 Å². The second-order valence-electron chi connectivity index (χ2n) is 6.15. The minimum atomic E-state index is -0.512. The molecule has 0 unspecified atom stereocenters. The van der Waals surface area contributed by atoms with Crippen LogP contribution in [-0.2, 0) is 20.9 Å². The normalized spacial score (nSPS) is 10.8. The average Bonchev–Trinajstić information content (AvgIpc) is 3.22. The van der Waals surface area contributed by atoms with Crippen molar-refractivity contribution in [1.29, 1.82) is 0 Å². The van der Waals surface area contributed by atoms with Gasteiger partial charge in [-0.1, -0.05) is 19.4 Å². The molecule has 30 heavy (non-hydrogen) atoms. The lowest BCUT2D eigenvalue weighted by atomic mass is 10.2. The first-order valence-electron chi connectivity index (χ1n) is 9.93.